The molecular weight excluding hydrogens is 237 g/mol. The van der Waals surface area contributed by atoms with Crippen LogP contribution in [0, 0.1) is 0 Å². The number of carbonyl (C=O) groups excluding carboxylic acids is 1. The van der Waals surface area contributed by atoms with Crippen molar-refractivity contribution in [2.75, 3.05) is 7.11 Å². The van der Waals surface area contributed by atoms with E-state index in [2.05, 4.69) is 0 Å². The molecule has 15 heavy (non-hydrogen) atoms. The molecule has 0 atom stereocenters. The molecule has 0 aromatic heterocycles. The minimum absolute atomic E-state index is 0.383. The van der Waals surface area contributed by atoms with Crippen LogP contribution in [0.2, 0.25) is 10.0 Å². The zero-order valence-electron chi connectivity index (χ0n) is 7.96. The standard InChI is InChI=1S/C10H9Cl2NO2/c1-15-10-7(11)4-6(5-8(10)12)2-3-9(13)14/h2-5H,1H3,(H2,13,14)/b3-2-. The summed E-state index contributed by atoms with van der Waals surface area (Å²) in [6, 6.07) is 3.26. The molecule has 5 heteroatoms. The summed E-state index contributed by atoms with van der Waals surface area (Å²) in [5, 5.41) is 0.767. The molecule has 1 aromatic rings. The lowest BCUT2D eigenvalue weighted by atomic mass is 10.2. The van der Waals surface area contributed by atoms with Crippen LogP contribution in [0.15, 0.2) is 18.2 Å². The van der Waals surface area contributed by atoms with Gasteiger partial charge >= 0.3 is 0 Å². The number of methoxy groups -OCH3 is 1. The Hall–Kier alpha value is -1.19. The summed E-state index contributed by atoms with van der Waals surface area (Å²) < 4.78 is 4.98. The van der Waals surface area contributed by atoms with Gasteiger partial charge in [-0.15, -0.1) is 0 Å². The number of hydrogen-bond acceptors (Lipinski definition) is 2. The van der Waals surface area contributed by atoms with Crippen molar-refractivity contribution < 1.29 is 9.53 Å². The summed E-state index contributed by atoms with van der Waals surface area (Å²) in [5.41, 5.74) is 5.64. The Bertz CT molecular complexity index is 393. The van der Waals surface area contributed by atoms with Crippen molar-refractivity contribution in [1.29, 1.82) is 0 Å². The van der Waals surface area contributed by atoms with E-state index in [9.17, 15) is 4.79 Å². The lowest BCUT2D eigenvalue weighted by molar-refractivity contribution is -0.113. The summed E-state index contributed by atoms with van der Waals surface area (Å²) in [6.07, 6.45) is 2.76. The van der Waals surface area contributed by atoms with Crippen molar-refractivity contribution in [2.24, 2.45) is 5.73 Å². The fourth-order valence-corrected chi connectivity index (χ4v) is 1.71. The lowest BCUT2D eigenvalue weighted by Crippen LogP contribution is -2.05. The zero-order valence-corrected chi connectivity index (χ0v) is 9.47. The molecule has 0 saturated heterocycles. The number of hydrogen-bond donors (Lipinski definition) is 1. The Kier molecular flexibility index (Phi) is 4.00. The van der Waals surface area contributed by atoms with E-state index in [4.69, 9.17) is 33.7 Å². The minimum atomic E-state index is -0.530. The lowest BCUT2D eigenvalue weighted by Gasteiger charge is -2.06. The third-order valence-electron chi connectivity index (χ3n) is 1.66. The van der Waals surface area contributed by atoms with E-state index in [0.29, 0.717) is 21.4 Å². The van der Waals surface area contributed by atoms with Gasteiger partial charge in [-0.2, -0.15) is 0 Å². The van der Waals surface area contributed by atoms with Gasteiger partial charge in [0.2, 0.25) is 5.91 Å². The number of amides is 1. The Morgan fingerprint density at radius 3 is 2.33 bits per heavy atom. The molecule has 0 fully saturated rings. The molecule has 0 spiro atoms. The molecule has 80 valence electrons. The molecule has 0 radical (unpaired) electrons. The van der Waals surface area contributed by atoms with Crippen LogP contribution in [0.25, 0.3) is 6.08 Å². The number of benzene rings is 1. The zero-order chi connectivity index (χ0) is 11.4. The van der Waals surface area contributed by atoms with Gasteiger partial charge in [0.15, 0.2) is 5.75 Å². The van der Waals surface area contributed by atoms with Gasteiger partial charge in [0.1, 0.15) is 0 Å². The van der Waals surface area contributed by atoms with Gasteiger partial charge in [-0.1, -0.05) is 23.2 Å². The first-order valence-corrected chi connectivity index (χ1v) is 4.80. The molecule has 1 rings (SSSR count). The van der Waals surface area contributed by atoms with Crippen molar-refractivity contribution in [1.82, 2.24) is 0 Å². The molecule has 0 heterocycles. The number of primary amides is 1. The highest BCUT2D eigenvalue weighted by molar-refractivity contribution is 6.37. The molecule has 1 aromatic carbocycles. The second-order valence-electron chi connectivity index (χ2n) is 2.75. The van der Waals surface area contributed by atoms with Crippen LogP contribution in [0.5, 0.6) is 5.75 Å². The summed E-state index contributed by atoms with van der Waals surface area (Å²) in [6.45, 7) is 0. The largest absolute Gasteiger partial charge is 0.494 e. The molecular formula is C10H9Cl2NO2. The quantitative estimate of drug-likeness (QED) is 0.833. The molecule has 0 aliphatic rings. The topological polar surface area (TPSA) is 52.3 Å². The summed E-state index contributed by atoms with van der Waals surface area (Å²) >= 11 is 11.8. The third kappa shape index (κ3) is 3.15. The van der Waals surface area contributed by atoms with Crippen molar-refractivity contribution in [3.8, 4) is 5.75 Å². The maximum atomic E-state index is 10.5. The van der Waals surface area contributed by atoms with Gasteiger partial charge < -0.3 is 10.5 Å². The molecule has 0 unspecified atom stereocenters. The molecule has 0 aliphatic heterocycles. The highest BCUT2D eigenvalue weighted by atomic mass is 35.5. The van der Waals surface area contributed by atoms with Crippen molar-refractivity contribution >= 4 is 35.2 Å². The van der Waals surface area contributed by atoms with E-state index in [1.165, 1.54) is 19.3 Å². The van der Waals surface area contributed by atoms with Crippen molar-refractivity contribution in [3.05, 3.63) is 33.8 Å². The van der Waals surface area contributed by atoms with Gasteiger partial charge in [0.05, 0.1) is 17.2 Å². The van der Waals surface area contributed by atoms with Gasteiger partial charge in [-0.05, 0) is 23.8 Å². The first-order chi connectivity index (χ1) is 7.04. The number of nitrogens with two attached hydrogens (primary N) is 1. The number of halogens is 2. The number of rotatable bonds is 3. The Morgan fingerprint density at radius 2 is 1.93 bits per heavy atom. The average Bonchev–Trinajstić information content (AvgIpc) is 2.14. The first-order valence-electron chi connectivity index (χ1n) is 4.05. The van der Waals surface area contributed by atoms with Gasteiger partial charge in [-0.3, -0.25) is 4.79 Å². The smallest absolute Gasteiger partial charge is 0.241 e. The highest BCUT2D eigenvalue weighted by Gasteiger charge is 2.06. The van der Waals surface area contributed by atoms with Gasteiger partial charge in [-0.25, -0.2) is 0 Å². The fourth-order valence-electron chi connectivity index (χ4n) is 1.05. The van der Waals surface area contributed by atoms with Crippen molar-refractivity contribution in [2.45, 2.75) is 0 Å². The second-order valence-corrected chi connectivity index (χ2v) is 3.57. The molecule has 3 nitrogen and oxygen atoms in total. The monoisotopic (exact) mass is 245 g/mol. The van der Waals surface area contributed by atoms with Crippen LogP contribution in [0.4, 0.5) is 0 Å². The second kappa shape index (κ2) is 5.05. The van der Waals surface area contributed by atoms with Crippen LogP contribution < -0.4 is 10.5 Å². The molecule has 1 amide bonds. The number of carbonyl (C=O) groups is 1. The predicted octanol–water partition coefficient (Wildman–Crippen LogP) is 2.50. The van der Waals surface area contributed by atoms with Crippen LogP contribution >= 0.6 is 23.2 Å². The van der Waals surface area contributed by atoms with E-state index >= 15 is 0 Å². The van der Waals surface area contributed by atoms with Gasteiger partial charge in [0.25, 0.3) is 0 Å². The Balaban J connectivity index is 3.09. The van der Waals surface area contributed by atoms with E-state index in [1.807, 2.05) is 0 Å². The van der Waals surface area contributed by atoms with Crippen molar-refractivity contribution in [3.63, 3.8) is 0 Å². The Morgan fingerprint density at radius 1 is 1.40 bits per heavy atom. The maximum absolute atomic E-state index is 10.5. The molecule has 2 N–H and O–H groups in total. The Labute approximate surface area is 97.4 Å². The summed E-state index contributed by atoms with van der Waals surface area (Å²) in [4.78, 5) is 10.5. The highest BCUT2D eigenvalue weighted by Crippen LogP contribution is 2.34. The molecule has 0 saturated carbocycles. The summed E-state index contributed by atoms with van der Waals surface area (Å²) in [7, 11) is 1.48. The van der Waals surface area contributed by atoms with Crippen LogP contribution in [0.1, 0.15) is 5.56 Å². The minimum Gasteiger partial charge on any atom is -0.494 e. The molecule has 0 bridgehead atoms. The predicted molar refractivity (Wildman–Crippen MR) is 61.2 cm³/mol. The SMILES string of the molecule is COc1c(Cl)cc(/C=C\C(N)=O)cc1Cl. The van der Waals surface area contributed by atoms with Crippen LogP contribution in [-0.4, -0.2) is 13.0 Å². The normalized spacial score (nSPS) is 10.6. The van der Waals surface area contributed by atoms with E-state index in [1.54, 1.807) is 12.1 Å². The third-order valence-corrected chi connectivity index (χ3v) is 2.23. The van der Waals surface area contributed by atoms with Crippen LogP contribution in [-0.2, 0) is 4.79 Å². The maximum Gasteiger partial charge on any atom is 0.241 e. The first kappa shape index (κ1) is 11.9. The van der Waals surface area contributed by atoms with Gasteiger partial charge in [0, 0.05) is 6.08 Å². The van der Waals surface area contributed by atoms with E-state index < -0.39 is 5.91 Å². The summed E-state index contributed by atoms with van der Waals surface area (Å²) in [5.74, 6) is -0.118. The number of ether oxygens (including phenoxy) is 1. The molecule has 0 aliphatic carbocycles. The van der Waals surface area contributed by atoms with E-state index in [0.717, 1.165) is 0 Å². The average molecular weight is 246 g/mol. The van der Waals surface area contributed by atoms with Crippen LogP contribution in [0.3, 0.4) is 0 Å². The van der Waals surface area contributed by atoms with E-state index in [-0.39, 0.29) is 0 Å². The fraction of sp³-hybridized carbons (Fsp3) is 0.100.